The molecule has 0 radical (unpaired) electrons. The van der Waals surface area contributed by atoms with Crippen molar-refractivity contribution >= 4 is 11.4 Å². The summed E-state index contributed by atoms with van der Waals surface area (Å²) < 4.78 is 5.52. The first kappa shape index (κ1) is 13.8. The second-order valence-electron chi connectivity index (χ2n) is 5.21. The van der Waals surface area contributed by atoms with Crippen LogP contribution in [0.15, 0.2) is 18.2 Å². The molecule has 1 aromatic carbocycles. The van der Waals surface area contributed by atoms with Crippen LogP contribution in [0.25, 0.3) is 0 Å². The second kappa shape index (κ2) is 6.02. The fraction of sp³-hybridized carbons (Fsp3) is 0.571. The normalized spacial score (nSPS) is 23.1. The molecule has 19 heavy (non-hydrogen) atoms. The summed E-state index contributed by atoms with van der Waals surface area (Å²) >= 11 is 0. The number of rotatable bonds is 4. The van der Waals surface area contributed by atoms with Gasteiger partial charge in [-0.05, 0) is 44.2 Å². The van der Waals surface area contributed by atoms with E-state index in [4.69, 9.17) is 4.74 Å². The van der Waals surface area contributed by atoms with Gasteiger partial charge >= 0.3 is 0 Å². The largest absolute Gasteiger partial charge is 0.385 e. The lowest BCUT2D eigenvalue weighted by molar-refractivity contribution is -0.384. The lowest BCUT2D eigenvalue weighted by Crippen LogP contribution is -2.27. The van der Waals surface area contributed by atoms with Crippen molar-refractivity contribution in [1.82, 2.24) is 0 Å². The van der Waals surface area contributed by atoms with Gasteiger partial charge in [-0.1, -0.05) is 0 Å². The van der Waals surface area contributed by atoms with Crippen LogP contribution >= 0.6 is 0 Å². The summed E-state index contributed by atoms with van der Waals surface area (Å²) in [5, 5.41) is 14.1. The van der Waals surface area contributed by atoms with Gasteiger partial charge in [-0.15, -0.1) is 0 Å². The number of non-ortho nitro benzene ring substituents is 1. The maximum absolute atomic E-state index is 10.7. The summed E-state index contributed by atoms with van der Waals surface area (Å²) in [5.74, 6) is 0.610. The molecule has 1 saturated heterocycles. The van der Waals surface area contributed by atoms with Gasteiger partial charge in [-0.3, -0.25) is 10.1 Å². The third-order valence-corrected chi connectivity index (χ3v) is 3.60. The van der Waals surface area contributed by atoms with E-state index in [2.05, 4.69) is 12.2 Å². The van der Waals surface area contributed by atoms with E-state index in [0.717, 1.165) is 37.2 Å². The number of nitrogens with zero attached hydrogens (tertiary/aromatic N) is 1. The van der Waals surface area contributed by atoms with Crippen molar-refractivity contribution < 1.29 is 9.66 Å². The SMILES string of the molecule is Cc1cc([N+](=O)[O-])ccc1NC[C@H]1CCO[C@@H](C)C1. The van der Waals surface area contributed by atoms with E-state index >= 15 is 0 Å². The summed E-state index contributed by atoms with van der Waals surface area (Å²) in [4.78, 5) is 10.3. The van der Waals surface area contributed by atoms with E-state index in [1.807, 2.05) is 6.92 Å². The van der Waals surface area contributed by atoms with Crippen LogP contribution in [-0.2, 0) is 4.74 Å². The number of nitro benzene ring substituents is 1. The predicted molar refractivity (Wildman–Crippen MR) is 74.5 cm³/mol. The molecule has 2 rings (SSSR count). The van der Waals surface area contributed by atoms with Crippen LogP contribution in [0.2, 0.25) is 0 Å². The minimum absolute atomic E-state index is 0.141. The summed E-state index contributed by atoms with van der Waals surface area (Å²) in [5.41, 5.74) is 2.03. The van der Waals surface area contributed by atoms with Crippen molar-refractivity contribution in [1.29, 1.82) is 0 Å². The maximum Gasteiger partial charge on any atom is 0.269 e. The highest BCUT2D eigenvalue weighted by atomic mass is 16.6. The number of nitro groups is 1. The molecule has 0 saturated carbocycles. The lowest BCUT2D eigenvalue weighted by atomic mass is 9.96. The number of aryl methyl sites for hydroxylation is 1. The van der Waals surface area contributed by atoms with Gasteiger partial charge in [0.25, 0.3) is 5.69 Å². The Morgan fingerprint density at radius 1 is 1.53 bits per heavy atom. The van der Waals surface area contributed by atoms with Gasteiger partial charge in [-0.2, -0.15) is 0 Å². The summed E-state index contributed by atoms with van der Waals surface area (Å²) in [6, 6.07) is 4.94. The average Bonchev–Trinajstić information content (AvgIpc) is 2.37. The highest BCUT2D eigenvalue weighted by molar-refractivity contribution is 5.55. The Balaban J connectivity index is 1.94. The van der Waals surface area contributed by atoms with Crippen molar-refractivity contribution in [3.63, 3.8) is 0 Å². The van der Waals surface area contributed by atoms with Gasteiger partial charge in [-0.25, -0.2) is 0 Å². The molecule has 1 aliphatic heterocycles. The molecule has 0 spiro atoms. The molecule has 5 heteroatoms. The molecule has 1 heterocycles. The predicted octanol–water partition coefficient (Wildman–Crippen LogP) is 3.13. The van der Waals surface area contributed by atoms with Crippen molar-refractivity contribution in [3.05, 3.63) is 33.9 Å². The van der Waals surface area contributed by atoms with Crippen LogP contribution in [0.5, 0.6) is 0 Å². The van der Waals surface area contributed by atoms with Crippen LogP contribution in [-0.4, -0.2) is 24.2 Å². The third kappa shape index (κ3) is 3.67. The van der Waals surface area contributed by atoms with Crippen LogP contribution in [0.4, 0.5) is 11.4 Å². The highest BCUT2D eigenvalue weighted by Gasteiger charge is 2.19. The Hall–Kier alpha value is -1.62. The fourth-order valence-corrected chi connectivity index (χ4v) is 2.49. The molecule has 2 atom stereocenters. The van der Waals surface area contributed by atoms with Crippen molar-refractivity contribution in [2.75, 3.05) is 18.5 Å². The van der Waals surface area contributed by atoms with Gasteiger partial charge in [0.15, 0.2) is 0 Å². The molecule has 0 aromatic heterocycles. The van der Waals surface area contributed by atoms with Crippen LogP contribution < -0.4 is 5.32 Å². The minimum atomic E-state index is -0.364. The molecular formula is C14H20N2O3. The molecule has 0 amide bonds. The zero-order valence-electron chi connectivity index (χ0n) is 11.4. The van der Waals surface area contributed by atoms with E-state index in [0.29, 0.717) is 12.0 Å². The van der Waals surface area contributed by atoms with Crippen LogP contribution in [0, 0.1) is 23.0 Å². The Labute approximate surface area is 113 Å². The molecule has 104 valence electrons. The van der Waals surface area contributed by atoms with Crippen molar-refractivity contribution in [2.45, 2.75) is 32.8 Å². The fourth-order valence-electron chi connectivity index (χ4n) is 2.49. The zero-order chi connectivity index (χ0) is 13.8. The Bertz CT molecular complexity index is 462. The molecule has 0 bridgehead atoms. The average molecular weight is 264 g/mol. The van der Waals surface area contributed by atoms with E-state index in [1.165, 1.54) is 0 Å². The van der Waals surface area contributed by atoms with Gasteiger partial charge in [0, 0.05) is 31.0 Å². The molecule has 1 aliphatic rings. The first-order valence-corrected chi connectivity index (χ1v) is 6.67. The van der Waals surface area contributed by atoms with Crippen LogP contribution in [0.1, 0.15) is 25.3 Å². The second-order valence-corrected chi connectivity index (χ2v) is 5.21. The smallest absolute Gasteiger partial charge is 0.269 e. The standard InChI is InChI=1S/C14H20N2O3/c1-10-7-13(16(17)18)3-4-14(10)15-9-12-5-6-19-11(2)8-12/h3-4,7,11-12,15H,5-6,8-9H2,1-2H3/t11-,12-/m0/s1. The summed E-state index contributed by atoms with van der Waals surface area (Å²) in [6.45, 7) is 5.71. The van der Waals surface area contributed by atoms with Gasteiger partial charge in [0.2, 0.25) is 0 Å². The van der Waals surface area contributed by atoms with Gasteiger partial charge in [0.05, 0.1) is 11.0 Å². The topological polar surface area (TPSA) is 64.4 Å². The van der Waals surface area contributed by atoms with E-state index in [-0.39, 0.29) is 10.6 Å². The molecule has 1 N–H and O–H groups in total. The van der Waals surface area contributed by atoms with Crippen molar-refractivity contribution in [2.24, 2.45) is 5.92 Å². The maximum atomic E-state index is 10.7. The van der Waals surface area contributed by atoms with E-state index in [9.17, 15) is 10.1 Å². The number of hydrogen-bond acceptors (Lipinski definition) is 4. The van der Waals surface area contributed by atoms with Gasteiger partial charge in [0.1, 0.15) is 0 Å². The summed E-state index contributed by atoms with van der Waals surface area (Å²) in [6.07, 6.45) is 2.47. The van der Waals surface area contributed by atoms with Crippen molar-refractivity contribution in [3.8, 4) is 0 Å². The number of nitrogens with one attached hydrogen (secondary N) is 1. The monoisotopic (exact) mass is 264 g/mol. The number of ether oxygens (including phenoxy) is 1. The highest BCUT2D eigenvalue weighted by Crippen LogP contribution is 2.24. The first-order chi connectivity index (χ1) is 9.06. The van der Waals surface area contributed by atoms with Crippen LogP contribution in [0.3, 0.4) is 0 Å². The quantitative estimate of drug-likeness (QED) is 0.670. The Morgan fingerprint density at radius 3 is 2.95 bits per heavy atom. The lowest BCUT2D eigenvalue weighted by Gasteiger charge is -2.27. The number of anilines is 1. The molecule has 0 unspecified atom stereocenters. The minimum Gasteiger partial charge on any atom is -0.385 e. The number of hydrogen-bond donors (Lipinski definition) is 1. The van der Waals surface area contributed by atoms with E-state index in [1.54, 1.807) is 18.2 Å². The molecule has 0 aliphatic carbocycles. The molecule has 5 nitrogen and oxygen atoms in total. The third-order valence-electron chi connectivity index (χ3n) is 3.60. The Kier molecular flexibility index (Phi) is 4.37. The van der Waals surface area contributed by atoms with Gasteiger partial charge < -0.3 is 10.1 Å². The molecule has 1 fully saturated rings. The molecule has 1 aromatic rings. The van der Waals surface area contributed by atoms with E-state index < -0.39 is 0 Å². The number of benzene rings is 1. The first-order valence-electron chi connectivity index (χ1n) is 6.67. The summed E-state index contributed by atoms with van der Waals surface area (Å²) in [7, 11) is 0. The molecular weight excluding hydrogens is 244 g/mol. The zero-order valence-corrected chi connectivity index (χ0v) is 11.4. The Morgan fingerprint density at radius 2 is 2.32 bits per heavy atom.